The van der Waals surface area contributed by atoms with Gasteiger partial charge in [0.05, 0.1) is 0 Å². The van der Waals surface area contributed by atoms with Crippen LogP contribution in [0.5, 0.6) is 0 Å². The number of rotatable bonds is 2. The minimum Gasteiger partial charge on any atom is -0.368 e. The third kappa shape index (κ3) is 2.91. The molecule has 1 amide bonds. The topological polar surface area (TPSA) is 32.8 Å². The van der Waals surface area contributed by atoms with Crippen molar-refractivity contribution in [3.8, 4) is 0 Å². The summed E-state index contributed by atoms with van der Waals surface area (Å²) in [7, 11) is 0. The van der Waals surface area contributed by atoms with Crippen molar-refractivity contribution >= 4 is 23.2 Å². The van der Waals surface area contributed by atoms with Gasteiger partial charge in [0.25, 0.3) is 5.91 Å². The number of hydrogen-bond donors (Lipinski definition) is 0. The second-order valence-electron chi connectivity index (χ2n) is 5.29. The monoisotopic (exact) mass is 294 g/mol. The van der Waals surface area contributed by atoms with Gasteiger partial charge in [-0.25, -0.2) is 0 Å². The average molecular weight is 295 g/mol. The van der Waals surface area contributed by atoms with E-state index < -0.39 is 0 Å². The van der Waals surface area contributed by atoms with Crippen LogP contribution in [0.2, 0.25) is 5.02 Å². The van der Waals surface area contributed by atoms with E-state index in [1.165, 1.54) is 0 Å². The zero-order chi connectivity index (χ0) is 13.9. The van der Waals surface area contributed by atoms with Crippen LogP contribution in [0.4, 0.5) is 5.69 Å². The summed E-state index contributed by atoms with van der Waals surface area (Å²) in [5, 5.41) is 0.750. The minimum absolute atomic E-state index is 0.160. The lowest BCUT2D eigenvalue weighted by Crippen LogP contribution is -2.51. The van der Waals surface area contributed by atoms with Crippen LogP contribution in [0.1, 0.15) is 12.8 Å². The SMILES string of the molecule is O=C([C@H]1CCCO1)N1CCN(c2cccc(Cl)c2)CC1. The van der Waals surface area contributed by atoms with Crippen molar-refractivity contribution in [2.75, 3.05) is 37.7 Å². The molecule has 1 aromatic carbocycles. The summed E-state index contributed by atoms with van der Waals surface area (Å²) < 4.78 is 5.47. The van der Waals surface area contributed by atoms with E-state index in [0.29, 0.717) is 0 Å². The van der Waals surface area contributed by atoms with Gasteiger partial charge in [-0.05, 0) is 31.0 Å². The smallest absolute Gasteiger partial charge is 0.251 e. The number of nitrogens with zero attached hydrogens (tertiary/aromatic N) is 2. The van der Waals surface area contributed by atoms with E-state index in [0.717, 1.165) is 56.3 Å². The number of carbonyl (C=O) groups is 1. The molecule has 2 fully saturated rings. The third-order valence-electron chi connectivity index (χ3n) is 3.97. The van der Waals surface area contributed by atoms with Crippen LogP contribution in [0, 0.1) is 0 Å². The molecule has 0 aromatic heterocycles. The van der Waals surface area contributed by atoms with Gasteiger partial charge in [-0.2, -0.15) is 0 Å². The van der Waals surface area contributed by atoms with E-state index >= 15 is 0 Å². The van der Waals surface area contributed by atoms with E-state index in [9.17, 15) is 4.79 Å². The molecule has 0 saturated carbocycles. The average Bonchev–Trinajstić information content (AvgIpc) is 3.01. The summed E-state index contributed by atoms with van der Waals surface area (Å²) >= 11 is 6.02. The number of ether oxygens (including phenoxy) is 1. The number of benzene rings is 1. The molecule has 0 unspecified atom stereocenters. The van der Waals surface area contributed by atoms with Gasteiger partial charge in [0.1, 0.15) is 6.10 Å². The number of piperazine rings is 1. The minimum atomic E-state index is -0.201. The molecule has 0 spiro atoms. The molecule has 1 aromatic rings. The fourth-order valence-electron chi connectivity index (χ4n) is 2.83. The molecule has 5 heteroatoms. The standard InChI is InChI=1S/C15H19ClN2O2/c16-12-3-1-4-13(11-12)17-6-8-18(9-7-17)15(19)14-5-2-10-20-14/h1,3-4,11,14H,2,5-10H2/t14-/m1/s1. The molecule has 20 heavy (non-hydrogen) atoms. The van der Waals surface area contributed by atoms with Crippen LogP contribution >= 0.6 is 11.6 Å². The van der Waals surface area contributed by atoms with Gasteiger partial charge in [0.15, 0.2) is 0 Å². The molecular formula is C15H19ClN2O2. The molecule has 4 nitrogen and oxygen atoms in total. The Bertz CT molecular complexity index is 481. The van der Waals surface area contributed by atoms with Crippen molar-refractivity contribution in [1.29, 1.82) is 0 Å². The van der Waals surface area contributed by atoms with Crippen LogP contribution < -0.4 is 4.90 Å². The normalized spacial score (nSPS) is 23.1. The Morgan fingerprint density at radius 1 is 1.25 bits per heavy atom. The third-order valence-corrected chi connectivity index (χ3v) is 4.20. The maximum atomic E-state index is 12.3. The van der Waals surface area contributed by atoms with Crippen molar-refractivity contribution in [3.63, 3.8) is 0 Å². The molecule has 3 rings (SSSR count). The molecule has 1 atom stereocenters. The summed E-state index contributed by atoms with van der Waals surface area (Å²) in [5.41, 5.74) is 1.13. The summed E-state index contributed by atoms with van der Waals surface area (Å²) in [5.74, 6) is 0.160. The van der Waals surface area contributed by atoms with E-state index in [1.54, 1.807) is 0 Å². The first kappa shape index (κ1) is 13.7. The van der Waals surface area contributed by atoms with Crippen molar-refractivity contribution in [1.82, 2.24) is 4.90 Å². The van der Waals surface area contributed by atoms with Gasteiger partial charge < -0.3 is 14.5 Å². The maximum absolute atomic E-state index is 12.3. The van der Waals surface area contributed by atoms with Crippen molar-refractivity contribution in [2.45, 2.75) is 18.9 Å². The highest BCUT2D eigenvalue weighted by molar-refractivity contribution is 6.30. The van der Waals surface area contributed by atoms with E-state index in [4.69, 9.17) is 16.3 Å². The van der Waals surface area contributed by atoms with Gasteiger partial charge >= 0.3 is 0 Å². The Morgan fingerprint density at radius 2 is 2.05 bits per heavy atom. The van der Waals surface area contributed by atoms with Gasteiger partial charge in [0, 0.05) is 43.5 Å². The fraction of sp³-hybridized carbons (Fsp3) is 0.533. The predicted octanol–water partition coefficient (Wildman–Crippen LogP) is 2.17. The van der Waals surface area contributed by atoms with Gasteiger partial charge in [-0.3, -0.25) is 4.79 Å². The lowest BCUT2D eigenvalue weighted by atomic mass is 10.2. The molecule has 0 aliphatic carbocycles. The van der Waals surface area contributed by atoms with Crippen molar-refractivity contribution < 1.29 is 9.53 Å². The van der Waals surface area contributed by atoms with Gasteiger partial charge in [-0.1, -0.05) is 17.7 Å². The highest BCUT2D eigenvalue weighted by Crippen LogP contribution is 2.22. The number of halogens is 1. The van der Waals surface area contributed by atoms with Crippen LogP contribution in [0.15, 0.2) is 24.3 Å². The highest BCUT2D eigenvalue weighted by Gasteiger charge is 2.30. The van der Waals surface area contributed by atoms with Crippen LogP contribution in [-0.4, -0.2) is 49.7 Å². The Labute approximate surface area is 124 Å². The molecule has 108 valence electrons. The largest absolute Gasteiger partial charge is 0.368 e. The second kappa shape index (κ2) is 6.02. The predicted molar refractivity (Wildman–Crippen MR) is 79.2 cm³/mol. The molecule has 2 aliphatic heterocycles. The van der Waals surface area contributed by atoms with E-state index in [1.807, 2.05) is 23.1 Å². The zero-order valence-corrected chi connectivity index (χ0v) is 12.2. The van der Waals surface area contributed by atoms with Crippen LogP contribution in [-0.2, 0) is 9.53 Å². The maximum Gasteiger partial charge on any atom is 0.251 e. The summed E-state index contributed by atoms with van der Waals surface area (Å²) in [6.07, 6.45) is 1.67. The molecule has 0 bridgehead atoms. The molecular weight excluding hydrogens is 276 g/mol. The number of hydrogen-bond acceptors (Lipinski definition) is 3. The van der Waals surface area contributed by atoms with Crippen LogP contribution in [0.25, 0.3) is 0 Å². The lowest BCUT2D eigenvalue weighted by molar-refractivity contribution is -0.141. The van der Waals surface area contributed by atoms with Gasteiger partial charge in [0.2, 0.25) is 0 Å². The Balaban J connectivity index is 1.58. The van der Waals surface area contributed by atoms with E-state index in [2.05, 4.69) is 11.0 Å². The van der Waals surface area contributed by atoms with Crippen molar-refractivity contribution in [2.24, 2.45) is 0 Å². The molecule has 2 aliphatic rings. The molecule has 0 N–H and O–H groups in total. The Hall–Kier alpha value is -1.26. The van der Waals surface area contributed by atoms with Crippen molar-refractivity contribution in [3.05, 3.63) is 29.3 Å². The quantitative estimate of drug-likeness (QED) is 0.838. The second-order valence-corrected chi connectivity index (χ2v) is 5.73. The van der Waals surface area contributed by atoms with Crippen LogP contribution in [0.3, 0.4) is 0 Å². The van der Waals surface area contributed by atoms with E-state index in [-0.39, 0.29) is 12.0 Å². The highest BCUT2D eigenvalue weighted by atomic mass is 35.5. The molecule has 2 heterocycles. The first-order valence-corrected chi connectivity index (χ1v) is 7.53. The zero-order valence-electron chi connectivity index (χ0n) is 11.4. The summed E-state index contributed by atoms with van der Waals surface area (Å²) in [4.78, 5) is 16.5. The first-order chi connectivity index (χ1) is 9.74. The molecule has 2 saturated heterocycles. The number of anilines is 1. The Kier molecular flexibility index (Phi) is 4.13. The first-order valence-electron chi connectivity index (χ1n) is 7.15. The van der Waals surface area contributed by atoms with Gasteiger partial charge in [-0.15, -0.1) is 0 Å². The summed E-state index contributed by atoms with van der Waals surface area (Å²) in [6.45, 7) is 3.92. The number of carbonyl (C=O) groups excluding carboxylic acids is 1. The molecule has 0 radical (unpaired) electrons. The Morgan fingerprint density at radius 3 is 2.70 bits per heavy atom. The number of amides is 1. The summed E-state index contributed by atoms with van der Waals surface area (Å²) in [6, 6.07) is 7.87. The lowest BCUT2D eigenvalue weighted by Gasteiger charge is -2.37. The fourth-order valence-corrected chi connectivity index (χ4v) is 3.02.